The van der Waals surface area contributed by atoms with E-state index in [2.05, 4.69) is 21.8 Å². The van der Waals surface area contributed by atoms with Crippen molar-refractivity contribution in [3.05, 3.63) is 33.3 Å². The average molecular weight is 295 g/mol. The highest BCUT2D eigenvalue weighted by Crippen LogP contribution is 2.35. The summed E-state index contributed by atoms with van der Waals surface area (Å²) in [5, 5.41) is 8.09. The van der Waals surface area contributed by atoms with Crippen LogP contribution in [0.15, 0.2) is 12.3 Å². The van der Waals surface area contributed by atoms with Crippen molar-refractivity contribution in [3.63, 3.8) is 0 Å². The van der Waals surface area contributed by atoms with Crippen molar-refractivity contribution in [2.45, 2.75) is 24.6 Å². The molecule has 0 spiro atoms. The van der Waals surface area contributed by atoms with Gasteiger partial charge in [-0.05, 0) is 23.8 Å². The molecular formula is C12H17N5S2. The number of rotatable bonds is 4. The van der Waals surface area contributed by atoms with Crippen LogP contribution in [-0.2, 0) is 25.6 Å². The lowest BCUT2D eigenvalue weighted by atomic mass is 10.1. The molecule has 1 aliphatic rings. The number of nitrogens with one attached hydrogen (secondary N) is 1. The van der Waals surface area contributed by atoms with Gasteiger partial charge in [0.25, 0.3) is 0 Å². The van der Waals surface area contributed by atoms with E-state index in [-0.39, 0.29) is 6.04 Å². The molecule has 19 heavy (non-hydrogen) atoms. The van der Waals surface area contributed by atoms with E-state index < -0.39 is 0 Å². The number of thiophene rings is 1. The fourth-order valence-corrected chi connectivity index (χ4v) is 4.72. The molecule has 0 aromatic carbocycles. The van der Waals surface area contributed by atoms with Crippen molar-refractivity contribution in [2.24, 2.45) is 12.9 Å². The molecule has 1 atom stereocenters. The fourth-order valence-electron chi connectivity index (χ4n) is 2.28. The third-order valence-corrected chi connectivity index (χ3v) is 5.61. The maximum Gasteiger partial charge on any atom is 0.0846 e. The maximum atomic E-state index is 5.71. The van der Waals surface area contributed by atoms with E-state index in [0.29, 0.717) is 0 Å². The molecule has 0 fully saturated rings. The topological polar surface area (TPSA) is 68.8 Å². The lowest BCUT2D eigenvalue weighted by molar-refractivity contribution is 0.553. The SMILES string of the molecule is Cn1cc(CC(NN)c2cc3c(s2)CCSC3)nn1. The Kier molecular flexibility index (Phi) is 3.88. The van der Waals surface area contributed by atoms with Crippen LogP contribution in [0.2, 0.25) is 0 Å². The first-order valence-electron chi connectivity index (χ1n) is 6.27. The molecule has 3 heterocycles. The van der Waals surface area contributed by atoms with E-state index in [9.17, 15) is 0 Å². The van der Waals surface area contributed by atoms with Crippen LogP contribution in [0.3, 0.4) is 0 Å². The number of nitrogens with two attached hydrogens (primary N) is 1. The van der Waals surface area contributed by atoms with Crippen molar-refractivity contribution >= 4 is 23.1 Å². The van der Waals surface area contributed by atoms with Crippen LogP contribution in [0.25, 0.3) is 0 Å². The summed E-state index contributed by atoms with van der Waals surface area (Å²) in [6, 6.07) is 2.42. The van der Waals surface area contributed by atoms with Gasteiger partial charge in [-0.2, -0.15) is 11.8 Å². The number of hydrogen-bond donors (Lipinski definition) is 2. The van der Waals surface area contributed by atoms with E-state index in [1.807, 2.05) is 36.3 Å². The number of fused-ring (bicyclic) bond motifs is 1. The zero-order valence-corrected chi connectivity index (χ0v) is 12.4. The normalized spacial score (nSPS) is 16.3. The zero-order valence-electron chi connectivity index (χ0n) is 10.8. The van der Waals surface area contributed by atoms with Crippen molar-refractivity contribution in [1.29, 1.82) is 0 Å². The van der Waals surface area contributed by atoms with Gasteiger partial charge in [-0.1, -0.05) is 5.21 Å². The van der Waals surface area contributed by atoms with Gasteiger partial charge in [-0.25, -0.2) is 0 Å². The molecule has 0 bridgehead atoms. The molecule has 2 aromatic heterocycles. The monoisotopic (exact) mass is 295 g/mol. The smallest absolute Gasteiger partial charge is 0.0846 e. The minimum Gasteiger partial charge on any atom is -0.271 e. The molecule has 3 rings (SSSR count). The van der Waals surface area contributed by atoms with Crippen molar-refractivity contribution < 1.29 is 0 Å². The number of thioether (sulfide) groups is 1. The highest BCUT2D eigenvalue weighted by atomic mass is 32.2. The Bertz CT molecular complexity index is 539. The molecule has 0 saturated heterocycles. The predicted octanol–water partition coefficient (Wildman–Crippen LogP) is 1.41. The van der Waals surface area contributed by atoms with Gasteiger partial charge in [0.1, 0.15) is 0 Å². The number of hydrazine groups is 1. The Morgan fingerprint density at radius 1 is 1.58 bits per heavy atom. The first-order chi connectivity index (χ1) is 9.26. The summed E-state index contributed by atoms with van der Waals surface area (Å²) in [4.78, 5) is 2.83. The molecule has 1 aliphatic heterocycles. The maximum absolute atomic E-state index is 5.71. The van der Waals surface area contributed by atoms with Gasteiger partial charge in [0.2, 0.25) is 0 Å². The summed E-state index contributed by atoms with van der Waals surface area (Å²) in [6.45, 7) is 0. The Balaban J connectivity index is 1.79. The van der Waals surface area contributed by atoms with Crippen LogP contribution in [-0.4, -0.2) is 20.7 Å². The van der Waals surface area contributed by atoms with Crippen molar-refractivity contribution in [2.75, 3.05) is 5.75 Å². The van der Waals surface area contributed by atoms with Crippen molar-refractivity contribution in [1.82, 2.24) is 20.4 Å². The van der Waals surface area contributed by atoms with E-state index in [1.54, 1.807) is 4.68 Å². The molecule has 7 heteroatoms. The van der Waals surface area contributed by atoms with E-state index in [1.165, 1.54) is 27.5 Å². The second kappa shape index (κ2) is 5.62. The quantitative estimate of drug-likeness (QED) is 0.659. The second-order valence-electron chi connectivity index (χ2n) is 4.71. The first-order valence-corrected chi connectivity index (χ1v) is 8.24. The third-order valence-electron chi connectivity index (χ3n) is 3.25. The number of aromatic nitrogens is 3. The molecule has 2 aromatic rings. The van der Waals surface area contributed by atoms with Gasteiger partial charge in [0.15, 0.2) is 0 Å². The van der Waals surface area contributed by atoms with E-state index in [0.717, 1.165) is 17.9 Å². The highest BCUT2D eigenvalue weighted by molar-refractivity contribution is 7.98. The number of aryl methyl sites for hydroxylation is 2. The van der Waals surface area contributed by atoms with E-state index >= 15 is 0 Å². The predicted molar refractivity (Wildman–Crippen MR) is 79.0 cm³/mol. The van der Waals surface area contributed by atoms with Crippen LogP contribution >= 0.6 is 23.1 Å². The zero-order chi connectivity index (χ0) is 13.2. The van der Waals surface area contributed by atoms with Gasteiger partial charge in [0.05, 0.1) is 11.7 Å². The highest BCUT2D eigenvalue weighted by Gasteiger charge is 2.19. The van der Waals surface area contributed by atoms with Crippen LogP contribution in [0.4, 0.5) is 0 Å². The van der Waals surface area contributed by atoms with Gasteiger partial charge in [-0.3, -0.25) is 16.0 Å². The standard InChI is InChI=1S/C12H17N5S2/c1-17-6-9(15-16-17)5-10(14-13)12-4-8-7-18-3-2-11(8)19-12/h4,6,10,14H,2-3,5,7,13H2,1H3. The molecule has 0 saturated carbocycles. The third kappa shape index (κ3) is 2.84. The van der Waals surface area contributed by atoms with E-state index in [4.69, 9.17) is 5.84 Å². The molecule has 0 radical (unpaired) electrons. The summed E-state index contributed by atoms with van der Waals surface area (Å²) >= 11 is 3.89. The minimum absolute atomic E-state index is 0.122. The average Bonchev–Trinajstić information content (AvgIpc) is 3.01. The van der Waals surface area contributed by atoms with Gasteiger partial charge >= 0.3 is 0 Å². The number of nitrogens with zero attached hydrogens (tertiary/aromatic N) is 3. The molecule has 5 nitrogen and oxygen atoms in total. The lowest BCUT2D eigenvalue weighted by Crippen LogP contribution is -2.29. The molecule has 1 unspecified atom stereocenters. The molecule has 0 amide bonds. The second-order valence-corrected chi connectivity index (χ2v) is 6.98. The molecular weight excluding hydrogens is 278 g/mol. The van der Waals surface area contributed by atoms with Crippen LogP contribution in [0.1, 0.15) is 27.1 Å². The molecule has 3 N–H and O–H groups in total. The lowest BCUT2D eigenvalue weighted by Gasteiger charge is -2.11. The molecule has 102 valence electrons. The van der Waals surface area contributed by atoms with Crippen LogP contribution in [0, 0.1) is 0 Å². The first kappa shape index (κ1) is 13.1. The fraction of sp³-hybridized carbons (Fsp3) is 0.500. The summed E-state index contributed by atoms with van der Waals surface area (Å²) in [6.07, 6.45) is 3.90. The Hall–Kier alpha value is -0.890. The Morgan fingerprint density at radius 3 is 3.16 bits per heavy atom. The Labute approximate surface area is 120 Å². The summed E-state index contributed by atoms with van der Waals surface area (Å²) in [5.41, 5.74) is 5.36. The Morgan fingerprint density at radius 2 is 2.47 bits per heavy atom. The minimum atomic E-state index is 0.122. The van der Waals surface area contributed by atoms with Crippen molar-refractivity contribution in [3.8, 4) is 0 Å². The van der Waals surface area contributed by atoms with Gasteiger partial charge < -0.3 is 0 Å². The summed E-state index contributed by atoms with van der Waals surface area (Å²) < 4.78 is 1.72. The largest absolute Gasteiger partial charge is 0.271 e. The van der Waals surface area contributed by atoms with Crippen LogP contribution in [0.5, 0.6) is 0 Å². The summed E-state index contributed by atoms with van der Waals surface area (Å²) in [7, 11) is 1.88. The number of hydrogen-bond acceptors (Lipinski definition) is 6. The summed E-state index contributed by atoms with van der Waals surface area (Å²) in [5.74, 6) is 8.08. The van der Waals surface area contributed by atoms with Gasteiger partial charge in [-0.15, -0.1) is 16.4 Å². The van der Waals surface area contributed by atoms with Crippen LogP contribution < -0.4 is 11.3 Å². The molecule has 0 aliphatic carbocycles. The van der Waals surface area contributed by atoms with Gasteiger partial charge in [0, 0.05) is 35.2 Å².